The maximum absolute atomic E-state index is 12.1. The van der Waals surface area contributed by atoms with Crippen LogP contribution in [0, 0.1) is 0 Å². The molecule has 9 heteroatoms. The number of benzene rings is 1. The van der Waals surface area contributed by atoms with Crippen molar-refractivity contribution in [2.24, 2.45) is 0 Å². The number of rotatable bonds is 4. The standard InChI is InChI=1S/C19H28N2O2.C2HF3O2/c1-3-21-18(22)9-11-19(21)10-4-13-20(14-12-19)15-16-5-7-17(23-2)8-6-16;3-2(4,5)1(6)7/h5-8H,3-4,9-15H2,1-2H3;(H,6,7). The first-order valence-electron chi connectivity index (χ1n) is 10.1. The molecule has 2 heterocycles. The molecule has 0 aromatic heterocycles. The van der Waals surface area contributed by atoms with Crippen molar-refractivity contribution in [2.75, 3.05) is 26.7 Å². The minimum absolute atomic E-state index is 0.139. The van der Waals surface area contributed by atoms with Crippen LogP contribution in [0.2, 0.25) is 0 Å². The van der Waals surface area contributed by atoms with Gasteiger partial charge in [0.2, 0.25) is 5.91 Å². The topological polar surface area (TPSA) is 70.1 Å². The Bertz CT molecular complexity index is 724. The number of hydrogen-bond acceptors (Lipinski definition) is 4. The van der Waals surface area contributed by atoms with Crippen LogP contribution in [0.4, 0.5) is 13.2 Å². The Morgan fingerprint density at radius 3 is 2.33 bits per heavy atom. The first kappa shape index (κ1) is 24.0. The summed E-state index contributed by atoms with van der Waals surface area (Å²) in [4.78, 5) is 25.7. The number of amides is 1. The molecule has 1 amide bonds. The lowest BCUT2D eigenvalue weighted by molar-refractivity contribution is -0.192. The van der Waals surface area contributed by atoms with E-state index in [1.807, 2.05) is 12.1 Å². The summed E-state index contributed by atoms with van der Waals surface area (Å²) < 4.78 is 37.0. The van der Waals surface area contributed by atoms with Crippen LogP contribution in [0.1, 0.15) is 44.6 Å². The third-order valence-corrected chi connectivity index (χ3v) is 5.81. The molecule has 2 aliphatic rings. The highest BCUT2D eigenvalue weighted by Gasteiger charge is 2.44. The van der Waals surface area contributed by atoms with E-state index in [9.17, 15) is 18.0 Å². The maximum Gasteiger partial charge on any atom is 0.490 e. The summed E-state index contributed by atoms with van der Waals surface area (Å²) in [6.07, 6.45) is 0.163. The van der Waals surface area contributed by atoms with Crippen molar-refractivity contribution in [1.29, 1.82) is 0 Å². The predicted octanol–water partition coefficient (Wildman–Crippen LogP) is 3.70. The fraction of sp³-hybridized carbons (Fsp3) is 0.619. The van der Waals surface area contributed by atoms with Crippen molar-refractivity contribution in [3.8, 4) is 5.75 Å². The van der Waals surface area contributed by atoms with Crippen LogP contribution in [-0.2, 0) is 16.1 Å². The Labute approximate surface area is 174 Å². The highest BCUT2D eigenvalue weighted by atomic mass is 19.4. The summed E-state index contributed by atoms with van der Waals surface area (Å²) in [6, 6.07) is 8.36. The van der Waals surface area contributed by atoms with Gasteiger partial charge in [-0.05, 0) is 56.8 Å². The monoisotopic (exact) mass is 430 g/mol. The lowest BCUT2D eigenvalue weighted by Gasteiger charge is -2.37. The van der Waals surface area contributed by atoms with Crippen LogP contribution in [0.15, 0.2) is 24.3 Å². The summed E-state index contributed by atoms with van der Waals surface area (Å²) in [5, 5.41) is 7.12. The number of carbonyl (C=O) groups is 2. The second kappa shape index (κ2) is 10.1. The Kier molecular flexibility index (Phi) is 8.11. The molecule has 6 nitrogen and oxygen atoms in total. The molecule has 0 bridgehead atoms. The van der Waals surface area contributed by atoms with E-state index in [0.29, 0.717) is 5.91 Å². The zero-order chi connectivity index (χ0) is 22.4. The van der Waals surface area contributed by atoms with Crippen molar-refractivity contribution in [2.45, 2.75) is 57.3 Å². The van der Waals surface area contributed by atoms with Gasteiger partial charge in [-0.2, -0.15) is 13.2 Å². The van der Waals surface area contributed by atoms with Crippen molar-refractivity contribution >= 4 is 11.9 Å². The third-order valence-electron chi connectivity index (χ3n) is 5.81. The Hall–Kier alpha value is -2.29. The average Bonchev–Trinajstić information content (AvgIpc) is 2.87. The molecule has 2 saturated heterocycles. The van der Waals surface area contributed by atoms with E-state index >= 15 is 0 Å². The summed E-state index contributed by atoms with van der Waals surface area (Å²) in [7, 11) is 1.70. The lowest BCUT2D eigenvalue weighted by atomic mass is 9.88. The number of alkyl halides is 3. The van der Waals surface area contributed by atoms with Gasteiger partial charge in [0.25, 0.3) is 0 Å². The predicted molar refractivity (Wildman–Crippen MR) is 105 cm³/mol. The number of methoxy groups -OCH3 is 1. The van der Waals surface area contributed by atoms with Crippen LogP contribution in [0.25, 0.3) is 0 Å². The molecule has 1 spiro atoms. The molecule has 1 unspecified atom stereocenters. The smallest absolute Gasteiger partial charge is 0.490 e. The van der Waals surface area contributed by atoms with Gasteiger partial charge in [-0.3, -0.25) is 9.69 Å². The minimum Gasteiger partial charge on any atom is -0.497 e. The van der Waals surface area contributed by atoms with E-state index < -0.39 is 12.1 Å². The van der Waals surface area contributed by atoms with Crippen molar-refractivity contribution < 1.29 is 32.6 Å². The van der Waals surface area contributed by atoms with Gasteiger partial charge in [0.05, 0.1) is 7.11 Å². The second-order valence-electron chi connectivity index (χ2n) is 7.64. The number of hydrogen-bond donors (Lipinski definition) is 1. The van der Waals surface area contributed by atoms with E-state index in [0.717, 1.165) is 57.6 Å². The summed E-state index contributed by atoms with van der Waals surface area (Å²) in [5.41, 5.74) is 1.47. The molecule has 1 N–H and O–H groups in total. The molecular formula is C21H29F3N2O4. The SMILES string of the molecule is CCN1C(=O)CCC12CCCN(Cc1ccc(OC)cc1)CC2.O=C(O)C(F)(F)F. The van der Waals surface area contributed by atoms with Crippen LogP contribution >= 0.6 is 0 Å². The summed E-state index contributed by atoms with van der Waals surface area (Å²) in [6.45, 7) is 6.16. The largest absolute Gasteiger partial charge is 0.497 e. The average molecular weight is 430 g/mol. The van der Waals surface area contributed by atoms with Gasteiger partial charge in [0, 0.05) is 31.6 Å². The lowest BCUT2D eigenvalue weighted by Crippen LogP contribution is -2.46. The maximum atomic E-state index is 12.1. The Balaban J connectivity index is 0.000000396. The molecule has 3 rings (SSSR count). The highest BCUT2D eigenvalue weighted by Crippen LogP contribution is 2.39. The summed E-state index contributed by atoms with van der Waals surface area (Å²) in [5.74, 6) is -1.49. The highest BCUT2D eigenvalue weighted by molar-refractivity contribution is 5.79. The van der Waals surface area contributed by atoms with Gasteiger partial charge in [-0.1, -0.05) is 12.1 Å². The van der Waals surface area contributed by atoms with Crippen molar-refractivity contribution in [1.82, 2.24) is 9.80 Å². The first-order chi connectivity index (χ1) is 14.1. The van der Waals surface area contributed by atoms with E-state index in [1.165, 1.54) is 12.0 Å². The molecule has 1 aromatic carbocycles. The Morgan fingerprint density at radius 2 is 1.80 bits per heavy atom. The third kappa shape index (κ3) is 6.10. The number of ether oxygens (including phenoxy) is 1. The van der Waals surface area contributed by atoms with E-state index in [1.54, 1.807) is 7.11 Å². The molecule has 168 valence electrons. The van der Waals surface area contributed by atoms with E-state index in [2.05, 4.69) is 28.9 Å². The van der Waals surface area contributed by atoms with Gasteiger partial charge >= 0.3 is 12.1 Å². The fourth-order valence-corrected chi connectivity index (χ4v) is 4.29. The van der Waals surface area contributed by atoms with Gasteiger partial charge in [0.1, 0.15) is 5.75 Å². The molecule has 1 aromatic rings. The fourth-order valence-electron chi connectivity index (χ4n) is 4.29. The number of carboxylic acids is 1. The molecular weight excluding hydrogens is 401 g/mol. The quantitative estimate of drug-likeness (QED) is 0.789. The first-order valence-corrected chi connectivity index (χ1v) is 10.1. The molecule has 0 aliphatic carbocycles. The molecule has 30 heavy (non-hydrogen) atoms. The summed E-state index contributed by atoms with van der Waals surface area (Å²) >= 11 is 0. The second-order valence-corrected chi connectivity index (χ2v) is 7.64. The zero-order valence-electron chi connectivity index (χ0n) is 17.4. The van der Waals surface area contributed by atoms with E-state index in [-0.39, 0.29) is 5.54 Å². The molecule has 0 radical (unpaired) electrons. The number of halogens is 3. The van der Waals surface area contributed by atoms with Crippen LogP contribution in [-0.4, -0.2) is 65.2 Å². The van der Waals surface area contributed by atoms with Gasteiger partial charge in [0.15, 0.2) is 0 Å². The van der Waals surface area contributed by atoms with Crippen molar-refractivity contribution in [3.63, 3.8) is 0 Å². The molecule has 1 atom stereocenters. The van der Waals surface area contributed by atoms with Crippen molar-refractivity contribution in [3.05, 3.63) is 29.8 Å². The van der Waals surface area contributed by atoms with Gasteiger partial charge in [-0.15, -0.1) is 0 Å². The molecule has 0 saturated carbocycles. The molecule has 2 fully saturated rings. The van der Waals surface area contributed by atoms with Crippen LogP contribution in [0.3, 0.4) is 0 Å². The minimum atomic E-state index is -5.08. The normalized spacial score (nSPS) is 22.4. The molecule has 2 aliphatic heterocycles. The van der Waals surface area contributed by atoms with Gasteiger partial charge < -0.3 is 14.7 Å². The zero-order valence-corrected chi connectivity index (χ0v) is 17.4. The number of likely N-dealkylation sites (tertiary alicyclic amines) is 2. The Morgan fingerprint density at radius 1 is 1.17 bits per heavy atom. The number of nitrogens with zero attached hydrogens (tertiary/aromatic N) is 2. The number of aliphatic carboxylic acids is 1. The van der Waals surface area contributed by atoms with Crippen LogP contribution in [0.5, 0.6) is 5.75 Å². The number of carboxylic acid groups (broad SMARTS) is 1. The van der Waals surface area contributed by atoms with Crippen LogP contribution < -0.4 is 4.74 Å². The number of carbonyl (C=O) groups excluding carboxylic acids is 1. The van der Waals surface area contributed by atoms with E-state index in [4.69, 9.17) is 14.6 Å². The van der Waals surface area contributed by atoms with Gasteiger partial charge in [-0.25, -0.2) is 4.79 Å².